The summed E-state index contributed by atoms with van der Waals surface area (Å²) in [6.45, 7) is 2.02. The van der Waals surface area contributed by atoms with Crippen molar-refractivity contribution in [3.63, 3.8) is 0 Å². The van der Waals surface area contributed by atoms with Crippen LogP contribution in [-0.4, -0.2) is 15.1 Å². The van der Waals surface area contributed by atoms with Gasteiger partial charge in [-0.1, -0.05) is 39.6 Å². The Morgan fingerprint density at radius 3 is 3.06 bits per heavy atom. The lowest BCUT2D eigenvalue weighted by Crippen LogP contribution is -1.89. The van der Waals surface area contributed by atoms with Crippen LogP contribution in [0.1, 0.15) is 24.1 Å². The normalized spacial score (nSPS) is 12.7. The van der Waals surface area contributed by atoms with Crippen LogP contribution in [0.4, 0.5) is 0 Å². The fourth-order valence-electron chi connectivity index (χ4n) is 1.18. The van der Waals surface area contributed by atoms with Crippen molar-refractivity contribution in [3.05, 3.63) is 29.2 Å². The van der Waals surface area contributed by atoms with Crippen molar-refractivity contribution >= 4 is 27.5 Å². The van der Waals surface area contributed by atoms with E-state index in [-0.39, 0.29) is 4.83 Å². The predicted molar refractivity (Wildman–Crippen MR) is 64.5 cm³/mol. The highest BCUT2D eigenvalue weighted by molar-refractivity contribution is 9.09. The largest absolute Gasteiger partial charge is 0.338 e. The molecule has 2 aromatic heterocycles. The van der Waals surface area contributed by atoms with Crippen LogP contribution >= 0.6 is 27.5 Å². The molecule has 0 saturated carbocycles. The minimum Gasteiger partial charge on any atom is -0.338 e. The van der Waals surface area contributed by atoms with Gasteiger partial charge in [0.1, 0.15) is 5.69 Å². The van der Waals surface area contributed by atoms with Gasteiger partial charge in [0.05, 0.1) is 9.85 Å². The molecule has 0 aliphatic carbocycles. The topological polar surface area (TPSA) is 51.8 Å². The van der Waals surface area contributed by atoms with Crippen molar-refractivity contribution in [1.82, 2.24) is 15.1 Å². The molecule has 0 radical (unpaired) electrons. The van der Waals surface area contributed by atoms with E-state index in [4.69, 9.17) is 16.1 Å². The van der Waals surface area contributed by atoms with Crippen molar-refractivity contribution in [1.29, 1.82) is 0 Å². The van der Waals surface area contributed by atoms with E-state index in [1.165, 1.54) is 0 Å². The van der Waals surface area contributed by atoms with Gasteiger partial charge in [-0.2, -0.15) is 4.98 Å². The van der Waals surface area contributed by atoms with E-state index in [1.54, 1.807) is 18.3 Å². The monoisotopic (exact) mass is 301 g/mol. The second kappa shape index (κ2) is 4.93. The molecule has 2 rings (SSSR count). The number of halogens is 2. The van der Waals surface area contributed by atoms with Gasteiger partial charge in [0.25, 0.3) is 0 Å². The molecule has 0 amide bonds. The molecule has 16 heavy (non-hydrogen) atoms. The van der Waals surface area contributed by atoms with Crippen molar-refractivity contribution in [3.8, 4) is 11.5 Å². The molecule has 2 heterocycles. The number of hydrogen-bond acceptors (Lipinski definition) is 4. The van der Waals surface area contributed by atoms with Crippen LogP contribution in [0.2, 0.25) is 5.02 Å². The molecule has 0 saturated heterocycles. The quantitative estimate of drug-likeness (QED) is 0.812. The summed E-state index contributed by atoms with van der Waals surface area (Å²) in [5.41, 5.74) is 0.537. The molecule has 0 aliphatic rings. The molecule has 0 spiro atoms. The van der Waals surface area contributed by atoms with Crippen LogP contribution in [0.15, 0.2) is 22.9 Å². The summed E-state index contributed by atoms with van der Waals surface area (Å²) in [6.07, 6.45) is 2.51. The molecule has 0 N–H and O–H groups in total. The summed E-state index contributed by atoms with van der Waals surface area (Å²) in [5.74, 6) is 0.956. The van der Waals surface area contributed by atoms with E-state index in [0.717, 1.165) is 6.42 Å². The Balaban J connectivity index is 2.35. The maximum absolute atomic E-state index is 5.99. The van der Waals surface area contributed by atoms with Gasteiger partial charge in [0.15, 0.2) is 0 Å². The molecule has 2 aromatic rings. The van der Waals surface area contributed by atoms with Gasteiger partial charge >= 0.3 is 0 Å². The molecule has 0 bridgehead atoms. The molecule has 1 atom stereocenters. The van der Waals surface area contributed by atoms with E-state index >= 15 is 0 Å². The first-order chi connectivity index (χ1) is 7.72. The van der Waals surface area contributed by atoms with E-state index < -0.39 is 0 Å². The molecule has 4 nitrogen and oxygen atoms in total. The third kappa shape index (κ3) is 2.25. The number of alkyl halides is 1. The molecule has 0 aromatic carbocycles. The minimum atomic E-state index is 0.0660. The van der Waals surface area contributed by atoms with Gasteiger partial charge < -0.3 is 4.52 Å². The van der Waals surface area contributed by atoms with E-state index in [2.05, 4.69) is 31.1 Å². The maximum atomic E-state index is 5.99. The second-order valence-electron chi connectivity index (χ2n) is 3.17. The van der Waals surface area contributed by atoms with Gasteiger partial charge in [-0.15, -0.1) is 0 Å². The van der Waals surface area contributed by atoms with Crippen molar-refractivity contribution in [2.24, 2.45) is 0 Å². The summed E-state index contributed by atoms with van der Waals surface area (Å²) in [7, 11) is 0. The second-order valence-corrected chi connectivity index (χ2v) is 4.68. The first kappa shape index (κ1) is 11.5. The standard InChI is InChI=1S/C10H9BrClN3O/c1-2-6(11)10-14-9(15-16-10)8-7(12)4-3-5-13-8/h3-6H,2H2,1H3. The van der Waals surface area contributed by atoms with E-state index in [1.807, 2.05) is 6.92 Å². The highest BCUT2D eigenvalue weighted by Crippen LogP contribution is 2.28. The van der Waals surface area contributed by atoms with Gasteiger partial charge in [0, 0.05) is 6.20 Å². The zero-order valence-electron chi connectivity index (χ0n) is 8.52. The van der Waals surface area contributed by atoms with Crippen LogP contribution in [0, 0.1) is 0 Å². The number of rotatable bonds is 3. The predicted octanol–water partition coefficient (Wildman–Crippen LogP) is 3.63. The van der Waals surface area contributed by atoms with Crippen molar-refractivity contribution in [2.75, 3.05) is 0 Å². The van der Waals surface area contributed by atoms with Crippen molar-refractivity contribution in [2.45, 2.75) is 18.2 Å². The summed E-state index contributed by atoms with van der Waals surface area (Å²) in [6, 6.07) is 3.50. The molecule has 0 fully saturated rings. The average Bonchev–Trinajstić information content (AvgIpc) is 2.78. The van der Waals surface area contributed by atoms with E-state index in [9.17, 15) is 0 Å². The molecule has 0 aliphatic heterocycles. The van der Waals surface area contributed by atoms with Gasteiger partial charge in [-0.3, -0.25) is 4.98 Å². The first-order valence-corrected chi connectivity index (χ1v) is 6.10. The number of aromatic nitrogens is 3. The molecular formula is C10H9BrClN3O. The number of nitrogens with zero attached hydrogens (tertiary/aromatic N) is 3. The van der Waals surface area contributed by atoms with Crippen LogP contribution in [0.5, 0.6) is 0 Å². The van der Waals surface area contributed by atoms with Gasteiger partial charge in [-0.05, 0) is 18.6 Å². The Labute approximate surface area is 106 Å². The van der Waals surface area contributed by atoms with Gasteiger partial charge in [-0.25, -0.2) is 0 Å². The Morgan fingerprint density at radius 1 is 1.56 bits per heavy atom. The molecule has 6 heteroatoms. The van der Waals surface area contributed by atoms with Crippen molar-refractivity contribution < 1.29 is 4.52 Å². The minimum absolute atomic E-state index is 0.0660. The van der Waals surface area contributed by atoms with Crippen LogP contribution in [0.3, 0.4) is 0 Å². The van der Waals surface area contributed by atoms with E-state index in [0.29, 0.717) is 22.4 Å². The SMILES string of the molecule is CCC(Br)c1nc(-c2ncccc2Cl)no1. The molecule has 84 valence electrons. The highest BCUT2D eigenvalue weighted by atomic mass is 79.9. The lowest BCUT2D eigenvalue weighted by Gasteiger charge is -1.97. The maximum Gasteiger partial charge on any atom is 0.240 e. The lowest BCUT2D eigenvalue weighted by molar-refractivity contribution is 0.377. The van der Waals surface area contributed by atoms with Crippen LogP contribution < -0.4 is 0 Å². The Kier molecular flexibility index (Phi) is 3.56. The van der Waals surface area contributed by atoms with Crippen LogP contribution in [-0.2, 0) is 0 Å². The zero-order chi connectivity index (χ0) is 11.5. The average molecular weight is 303 g/mol. The molecule has 1 unspecified atom stereocenters. The fraction of sp³-hybridized carbons (Fsp3) is 0.300. The fourth-order valence-corrected chi connectivity index (χ4v) is 1.58. The lowest BCUT2D eigenvalue weighted by atomic mass is 10.3. The Morgan fingerprint density at radius 2 is 2.38 bits per heavy atom. The third-order valence-corrected chi connectivity index (χ3v) is 3.38. The summed E-state index contributed by atoms with van der Waals surface area (Å²) in [4.78, 5) is 8.42. The first-order valence-electron chi connectivity index (χ1n) is 4.81. The Bertz CT molecular complexity index is 488. The number of hydrogen-bond donors (Lipinski definition) is 0. The van der Waals surface area contributed by atoms with Gasteiger partial charge in [0.2, 0.25) is 11.7 Å². The Hall–Kier alpha value is -0.940. The highest BCUT2D eigenvalue weighted by Gasteiger charge is 2.16. The third-order valence-electron chi connectivity index (χ3n) is 2.04. The molecular weight excluding hydrogens is 293 g/mol. The van der Waals surface area contributed by atoms with Crippen LogP contribution in [0.25, 0.3) is 11.5 Å². The summed E-state index contributed by atoms with van der Waals surface area (Å²) in [5, 5.41) is 4.36. The number of pyridine rings is 1. The summed E-state index contributed by atoms with van der Waals surface area (Å²) >= 11 is 9.43. The smallest absolute Gasteiger partial charge is 0.240 e. The summed E-state index contributed by atoms with van der Waals surface area (Å²) < 4.78 is 5.12. The zero-order valence-corrected chi connectivity index (χ0v) is 10.9.